The lowest BCUT2D eigenvalue weighted by molar-refractivity contribution is -0.136. The Bertz CT molecular complexity index is 821. The molecule has 3 heterocycles. The number of carbonyl (C=O) groups excluding carboxylic acids is 3. The van der Waals surface area contributed by atoms with Crippen LogP contribution in [0.5, 0.6) is 0 Å². The van der Waals surface area contributed by atoms with Crippen LogP contribution in [0.25, 0.3) is 0 Å². The van der Waals surface area contributed by atoms with E-state index < -0.39 is 6.04 Å². The molecule has 7 heteroatoms. The van der Waals surface area contributed by atoms with Crippen molar-refractivity contribution in [1.82, 2.24) is 15.5 Å². The summed E-state index contributed by atoms with van der Waals surface area (Å²) >= 11 is 0. The maximum absolute atomic E-state index is 12.6. The average molecular weight is 374 g/mol. The third kappa shape index (κ3) is 3.46. The number of benzene rings is 1. The summed E-state index contributed by atoms with van der Waals surface area (Å²) in [6.07, 6.45) is 1.72. The summed E-state index contributed by atoms with van der Waals surface area (Å²) in [7, 11) is 0. The van der Waals surface area contributed by atoms with E-state index in [2.05, 4.69) is 22.5 Å². The summed E-state index contributed by atoms with van der Waals surface area (Å²) < 4.78 is 0. The summed E-state index contributed by atoms with van der Waals surface area (Å²) in [5.74, 6) is 6.05. The highest BCUT2D eigenvalue weighted by atomic mass is 35.5. The molecule has 0 aliphatic carbocycles. The Morgan fingerprint density at radius 1 is 1.15 bits per heavy atom. The van der Waals surface area contributed by atoms with Gasteiger partial charge in [-0.25, -0.2) is 0 Å². The second-order valence-corrected chi connectivity index (χ2v) is 6.73. The molecule has 2 fully saturated rings. The molecule has 3 aliphatic rings. The molecule has 0 aromatic heterocycles. The van der Waals surface area contributed by atoms with Gasteiger partial charge in [0.25, 0.3) is 5.91 Å². The van der Waals surface area contributed by atoms with Crippen LogP contribution in [0.2, 0.25) is 0 Å². The van der Waals surface area contributed by atoms with E-state index in [0.717, 1.165) is 30.6 Å². The number of hydrogen-bond donors (Lipinski definition) is 2. The van der Waals surface area contributed by atoms with E-state index in [-0.39, 0.29) is 36.5 Å². The summed E-state index contributed by atoms with van der Waals surface area (Å²) in [6.45, 7) is 2.33. The minimum Gasteiger partial charge on any atom is -0.322 e. The van der Waals surface area contributed by atoms with Crippen LogP contribution in [0.1, 0.15) is 40.7 Å². The van der Waals surface area contributed by atoms with E-state index in [1.165, 1.54) is 0 Å². The number of amides is 3. The fourth-order valence-corrected chi connectivity index (χ4v) is 3.62. The smallest absolute Gasteiger partial charge is 0.255 e. The number of fused-ring (bicyclic) bond motifs is 1. The minimum atomic E-state index is -0.573. The van der Waals surface area contributed by atoms with Gasteiger partial charge in [0.1, 0.15) is 6.04 Å². The van der Waals surface area contributed by atoms with Crippen molar-refractivity contribution in [3.8, 4) is 11.8 Å². The van der Waals surface area contributed by atoms with Crippen molar-refractivity contribution < 1.29 is 14.4 Å². The van der Waals surface area contributed by atoms with Crippen LogP contribution in [-0.2, 0) is 16.1 Å². The molecule has 1 aromatic carbocycles. The van der Waals surface area contributed by atoms with Gasteiger partial charge >= 0.3 is 0 Å². The maximum Gasteiger partial charge on any atom is 0.255 e. The zero-order valence-electron chi connectivity index (χ0n) is 14.2. The lowest BCUT2D eigenvalue weighted by Crippen LogP contribution is -2.52. The molecule has 26 heavy (non-hydrogen) atoms. The van der Waals surface area contributed by atoms with Gasteiger partial charge in [0.2, 0.25) is 11.8 Å². The predicted molar refractivity (Wildman–Crippen MR) is 97.6 cm³/mol. The highest BCUT2D eigenvalue weighted by Gasteiger charge is 2.38. The van der Waals surface area contributed by atoms with Crippen LogP contribution in [0, 0.1) is 17.8 Å². The SMILES string of the molecule is Cl.O=C1CCC(N2Cc3cc(C#CC4CCNC4)ccc3C2=O)C(=O)N1. The van der Waals surface area contributed by atoms with Crippen molar-refractivity contribution in [1.29, 1.82) is 0 Å². The van der Waals surface area contributed by atoms with Gasteiger partial charge in [-0.15, -0.1) is 12.4 Å². The van der Waals surface area contributed by atoms with Crippen molar-refractivity contribution in [3.63, 3.8) is 0 Å². The van der Waals surface area contributed by atoms with Crippen LogP contribution in [-0.4, -0.2) is 41.8 Å². The third-order valence-corrected chi connectivity index (χ3v) is 5.00. The monoisotopic (exact) mass is 373 g/mol. The number of carbonyl (C=O) groups is 3. The largest absolute Gasteiger partial charge is 0.322 e. The van der Waals surface area contributed by atoms with Gasteiger partial charge in [0, 0.05) is 36.6 Å². The predicted octanol–water partition coefficient (Wildman–Crippen LogP) is 0.830. The van der Waals surface area contributed by atoms with Gasteiger partial charge in [-0.05, 0) is 43.1 Å². The molecule has 4 rings (SSSR count). The van der Waals surface area contributed by atoms with Crippen molar-refractivity contribution >= 4 is 30.1 Å². The lowest BCUT2D eigenvalue weighted by atomic mass is 10.0. The van der Waals surface area contributed by atoms with Gasteiger partial charge < -0.3 is 10.2 Å². The van der Waals surface area contributed by atoms with E-state index in [4.69, 9.17) is 0 Å². The number of rotatable bonds is 1. The first kappa shape index (κ1) is 18.4. The Balaban J connectivity index is 0.00000196. The maximum atomic E-state index is 12.6. The van der Waals surface area contributed by atoms with Gasteiger partial charge in [0.05, 0.1) is 0 Å². The number of nitrogens with one attached hydrogen (secondary N) is 2. The molecule has 3 aliphatic heterocycles. The second kappa shape index (κ2) is 7.48. The molecule has 0 radical (unpaired) electrons. The van der Waals surface area contributed by atoms with Crippen molar-refractivity contribution in [2.24, 2.45) is 5.92 Å². The molecule has 0 bridgehead atoms. The zero-order valence-corrected chi connectivity index (χ0v) is 15.0. The summed E-state index contributed by atoms with van der Waals surface area (Å²) in [6, 6.07) is 5.02. The molecule has 2 unspecified atom stereocenters. The van der Waals surface area contributed by atoms with E-state index in [0.29, 0.717) is 24.4 Å². The molecule has 2 saturated heterocycles. The lowest BCUT2D eigenvalue weighted by Gasteiger charge is -2.29. The molecule has 2 atom stereocenters. The Kier molecular flexibility index (Phi) is 5.30. The number of hydrogen-bond acceptors (Lipinski definition) is 4. The molecular formula is C19H20ClN3O3. The van der Waals surface area contributed by atoms with E-state index in [9.17, 15) is 14.4 Å². The first-order valence-electron chi connectivity index (χ1n) is 8.61. The normalized spacial score (nSPS) is 24.5. The van der Waals surface area contributed by atoms with Crippen LogP contribution >= 0.6 is 12.4 Å². The fourth-order valence-electron chi connectivity index (χ4n) is 3.62. The van der Waals surface area contributed by atoms with Crippen molar-refractivity contribution in [2.45, 2.75) is 31.8 Å². The second-order valence-electron chi connectivity index (χ2n) is 6.73. The van der Waals surface area contributed by atoms with E-state index in [1.54, 1.807) is 11.0 Å². The van der Waals surface area contributed by atoms with Crippen LogP contribution in [0.15, 0.2) is 18.2 Å². The molecule has 0 spiro atoms. The zero-order chi connectivity index (χ0) is 17.4. The topological polar surface area (TPSA) is 78.5 Å². The van der Waals surface area contributed by atoms with E-state index >= 15 is 0 Å². The average Bonchev–Trinajstić information content (AvgIpc) is 3.21. The molecule has 3 amide bonds. The molecule has 1 aromatic rings. The van der Waals surface area contributed by atoms with Gasteiger partial charge in [-0.3, -0.25) is 19.7 Å². The Morgan fingerprint density at radius 3 is 2.73 bits per heavy atom. The van der Waals surface area contributed by atoms with Gasteiger partial charge in [0.15, 0.2) is 0 Å². The third-order valence-electron chi connectivity index (χ3n) is 5.00. The Labute approximate surface area is 158 Å². The Hall–Kier alpha value is -2.36. The number of piperidine rings is 1. The van der Waals surface area contributed by atoms with Crippen LogP contribution in [0.3, 0.4) is 0 Å². The van der Waals surface area contributed by atoms with Crippen LogP contribution < -0.4 is 10.6 Å². The van der Waals surface area contributed by atoms with Crippen LogP contribution in [0.4, 0.5) is 0 Å². The number of halogens is 1. The summed E-state index contributed by atoms with van der Waals surface area (Å²) in [5, 5.41) is 5.61. The summed E-state index contributed by atoms with van der Waals surface area (Å²) in [4.78, 5) is 37.5. The molecule has 6 nitrogen and oxygen atoms in total. The quantitative estimate of drug-likeness (QED) is 0.564. The highest BCUT2D eigenvalue weighted by molar-refractivity contribution is 6.05. The first-order valence-corrected chi connectivity index (χ1v) is 8.61. The molecule has 136 valence electrons. The van der Waals surface area contributed by atoms with Crippen molar-refractivity contribution in [2.75, 3.05) is 13.1 Å². The van der Waals surface area contributed by atoms with Gasteiger partial charge in [-0.1, -0.05) is 11.8 Å². The first-order chi connectivity index (χ1) is 12.1. The minimum absolute atomic E-state index is 0. The fraction of sp³-hybridized carbons (Fsp3) is 0.421. The number of imide groups is 1. The summed E-state index contributed by atoms with van der Waals surface area (Å²) in [5.41, 5.74) is 2.41. The Morgan fingerprint density at radius 2 is 2.00 bits per heavy atom. The van der Waals surface area contributed by atoms with Crippen molar-refractivity contribution in [3.05, 3.63) is 34.9 Å². The van der Waals surface area contributed by atoms with E-state index in [1.807, 2.05) is 12.1 Å². The highest BCUT2D eigenvalue weighted by Crippen LogP contribution is 2.28. The molecule has 2 N–H and O–H groups in total. The van der Waals surface area contributed by atoms with Gasteiger partial charge in [-0.2, -0.15) is 0 Å². The molecule has 0 saturated carbocycles. The number of nitrogens with zero attached hydrogens (tertiary/aromatic N) is 1. The standard InChI is InChI=1S/C19H19N3O3.ClH/c23-17-6-5-16(18(24)21-17)22-11-14-9-12(3-4-15(14)19(22)25)1-2-13-7-8-20-10-13;/h3-4,9,13,16,20H,5-8,10-11H2,(H,21,23,24);1H. The molecular weight excluding hydrogens is 354 g/mol.